The Morgan fingerprint density at radius 2 is 1.69 bits per heavy atom. The van der Waals surface area contributed by atoms with Gasteiger partial charge in [0.1, 0.15) is 11.9 Å². The predicted molar refractivity (Wildman–Crippen MR) is 180 cm³/mol. The summed E-state index contributed by atoms with van der Waals surface area (Å²) in [6, 6.07) is 20.8. The smallest absolute Gasteiger partial charge is 0.429 e. The van der Waals surface area contributed by atoms with E-state index in [1.807, 2.05) is 49.9 Å². The van der Waals surface area contributed by atoms with Crippen LogP contribution in [-0.4, -0.2) is 52.4 Å². The second-order valence-electron chi connectivity index (χ2n) is 13.0. The van der Waals surface area contributed by atoms with Crippen molar-refractivity contribution in [3.63, 3.8) is 0 Å². The molecular weight excluding hydrogens is 619 g/mol. The van der Waals surface area contributed by atoms with Crippen LogP contribution in [0.25, 0.3) is 22.3 Å². The highest BCUT2D eigenvalue weighted by Crippen LogP contribution is 2.46. The van der Waals surface area contributed by atoms with Crippen LogP contribution in [0.5, 0.6) is 5.88 Å². The van der Waals surface area contributed by atoms with Gasteiger partial charge in [0.2, 0.25) is 17.9 Å². The van der Waals surface area contributed by atoms with E-state index < -0.39 is 24.3 Å². The molecule has 4 N–H and O–H groups in total. The lowest BCUT2D eigenvalue weighted by Gasteiger charge is -2.43. The zero-order valence-corrected chi connectivity index (χ0v) is 27.2. The Morgan fingerprint density at radius 3 is 2.33 bits per heavy atom. The molecule has 0 saturated carbocycles. The van der Waals surface area contributed by atoms with Crippen LogP contribution in [0.1, 0.15) is 55.4 Å². The van der Waals surface area contributed by atoms with E-state index in [0.29, 0.717) is 49.3 Å². The molecule has 2 aliphatic heterocycles. The summed E-state index contributed by atoms with van der Waals surface area (Å²) >= 11 is 0. The lowest BCUT2D eigenvalue weighted by atomic mass is 9.71. The number of rotatable bonds is 8. The average molecular weight is 660 g/mol. The minimum absolute atomic E-state index is 0.0488. The number of ether oxygens (including phenoxy) is 1. The summed E-state index contributed by atoms with van der Waals surface area (Å²) in [7, 11) is 0. The molecule has 8 nitrogen and oxygen atoms in total. The molecule has 11 heteroatoms. The van der Waals surface area contributed by atoms with Crippen LogP contribution >= 0.6 is 0 Å². The number of nitrogens with one attached hydrogen (secondary N) is 1. The molecule has 0 radical (unpaired) electrons. The van der Waals surface area contributed by atoms with E-state index in [2.05, 4.69) is 15.3 Å². The zero-order chi connectivity index (χ0) is 34.2. The lowest BCUT2D eigenvalue weighted by Crippen LogP contribution is -2.46. The summed E-state index contributed by atoms with van der Waals surface area (Å²) in [5.74, 6) is -0.961. The SMILES string of the molecule is CCC1NC(C(=O)O)CC12CCN(c1cc(O[C@H](c3ccc(-c4ccc(C)c(C)c4)cc3-c3ccccc3)C(F)(F)F)nc(N)n1)CC2. The first-order valence-corrected chi connectivity index (χ1v) is 16.3. The van der Waals surface area contributed by atoms with Gasteiger partial charge in [-0.15, -0.1) is 0 Å². The van der Waals surface area contributed by atoms with Crippen molar-refractivity contribution < 1.29 is 27.8 Å². The van der Waals surface area contributed by atoms with Gasteiger partial charge in [-0.05, 0) is 84.4 Å². The molecule has 2 saturated heterocycles. The van der Waals surface area contributed by atoms with Gasteiger partial charge >= 0.3 is 12.1 Å². The number of hydrogen-bond acceptors (Lipinski definition) is 7. The average Bonchev–Trinajstić information content (AvgIpc) is 3.42. The molecule has 48 heavy (non-hydrogen) atoms. The van der Waals surface area contributed by atoms with E-state index in [0.717, 1.165) is 28.7 Å². The first-order valence-electron chi connectivity index (χ1n) is 16.3. The van der Waals surface area contributed by atoms with Crippen LogP contribution in [0.4, 0.5) is 24.9 Å². The number of halogens is 3. The van der Waals surface area contributed by atoms with Crippen LogP contribution in [-0.2, 0) is 4.79 Å². The van der Waals surface area contributed by atoms with E-state index in [1.54, 1.807) is 36.4 Å². The monoisotopic (exact) mass is 659 g/mol. The Hall–Kier alpha value is -4.64. The highest BCUT2D eigenvalue weighted by atomic mass is 19.4. The number of carbonyl (C=O) groups is 1. The molecule has 1 aromatic heterocycles. The number of aromatic nitrogens is 2. The van der Waals surface area contributed by atoms with Gasteiger partial charge in [0.25, 0.3) is 0 Å². The number of nitrogen functional groups attached to an aromatic ring is 1. The van der Waals surface area contributed by atoms with Gasteiger partial charge in [-0.25, -0.2) is 0 Å². The van der Waals surface area contributed by atoms with E-state index in [4.69, 9.17) is 10.5 Å². The van der Waals surface area contributed by atoms with Gasteiger partial charge in [0, 0.05) is 30.8 Å². The quantitative estimate of drug-likeness (QED) is 0.178. The fourth-order valence-corrected chi connectivity index (χ4v) is 7.30. The first-order chi connectivity index (χ1) is 22.9. The van der Waals surface area contributed by atoms with Crippen LogP contribution in [0, 0.1) is 19.3 Å². The Morgan fingerprint density at radius 1 is 1.00 bits per heavy atom. The molecule has 0 bridgehead atoms. The molecule has 6 rings (SSSR count). The molecule has 3 heterocycles. The third-order valence-corrected chi connectivity index (χ3v) is 10.0. The largest absolute Gasteiger partial charge is 0.480 e. The summed E-state index contributed by atoms with van der Waals surface area (Å²) in [5, 5.41) is 12.9. The number of nitrogens with zero attached hydrogens (tertiary/aromatic N) is 3. The number of carboxylic acid groups (broad SMARTS) is 1. The molecule has 0 amide bonds. The topological polar surface area (TPSA) is 114 Å². The summed E-state index contributed by atoms with van der Waals surface area (Å²) in [4.78, 5) is 22.1. The highest BCUT2D eigenvalue weighted by Gasteiger charge is 2.50. The molecule has 1 spiro atoms. The van der Waals surface area contributed by atoms with Crippen LogP contribution in [0.15, 0.2) is 72.8 Å². The summed E-state index contributed by atoms with van der Waals surface area (Å²) in [6.45, 7) is 7.15. The van der Waals surface area contributed by atoms with Crippen LogP contribution in [0.3, 0.4) is 0 Å². The van der Waals surface area contributed by atoms with Crippen molar-refractivity contribution in [3.8, 4) is 28.1 Å². The van der Waals surface area contributed by atoms with E-state index in [1.165, 1.54) is 12.1 Å². The molecule has 2 unspecified atom stereocenters. The molecule has 3 atom stereocenters. The number of anilines is 2. The summed E-state index contributed by atoms with van der Waals surface area (Å²) < 4.78 is 50.5. The maximum Gasteiger partial charge on any atom is 0.429 e. The lowest BCUT2D eigenvalue weighted by molar-refractivity contribution is -0.198. The minimum Gasteiger partial charge on any atom is -0.480 e. The molecule has 2 fully saturated rings. The van der Waals surface area contributed by atoms with E-state index in [9.17, 15) is 23.1 Å². The number of nitrogens with two attached hydrogens (primary N) is 1. The predicted octanol–water partition coefficient (Wildman–Crippen LogP) is 7.50. The number of carboxylic acids is 1. The van der Waals surface area contributed by atoms with Gasteiger partial charge in [0.15, 0.2) is 0 Å². The van der Waals surface area contributed by atoms with Crippen molar-refractivity contribution in [2.45, 2.75) is 70.8 Å². The number of hydrogen-bond donors (Lipinski definition) is 3. The van der Waals surface area contributed by atoms with Crippen molar-refractivity contribution in [3.05, 3.63) is 89.5 Å². The highest BCUT2D eigenvalue weighted by molar-refractivity contribution is 5.77. The van der Waals surface area contributed by atoms with Gasteiger partial charge in [-0.3, -0.25) is 4.79 Å². The van der Waals surface area contributed by atoms with E-state index in [-0.39, 0.29) is 28.8 Å². The molecule has 2 aliphatic rings. The maximum absolute atomic E-state index is 14.9. The van der Waals surface area contributed by atoms with Gasteiger partial charge in [-0.1, -0.05) is 67.6 Å². The van der Waals surface area contributed by atoms with Crippen molar-refractivity contribution >= 4 is 17.7 Å². The van der Waals surface area contributed by atoms with Crippen molar-refractivity contribution in [2.75, 3.05) is 23.7 Å². The number of alkyl halides is 3. The van der Waals surface area contributed by atoms with Gasteiger partial charge < -0.3 is 25.8 Å². The minimum atomic E-state index is -4.78. The Labute approximate surface area is 278 Å². The fourth-order valence-electron chi connectivity index (χ4n) is 7.30. The number of aliphatic carboxylic acids is 1. The standard InChI is InChI=1S/C37H40F3N5O3/c1-4-30-36(21-29(42-30)34(46)47)14-16-45(17-15-36)31-20-32(44-35(41)43-31)48-33(37(38,39)40)27-13-12-26(25-11-10-22(2)23(3)18-25)19-28(27)24-8-6-5-7-9-24/h5-13,18-20,29-30,33,42H,4,14-17,21H2,1-3H3,(H,46,47)(H2,41,43,44)/t29?,30?,33-/m1/s1. The zero-order valence-electron chi connectivity index (χ0n) is 27.2. The third kappa shape index (κ3) is 6.69. The Bertz CT molecular complexity index is 1790. The van der Waals surface area contributed by atoms with Gasteiger partial charge in [-0.2, -0.15) is 23.1 Å². The van der Waals surface area contributed by atoms with Gasteiger partial charge in [0.05, 0.1) is 0 Å². The number of piperidine rings is 1. The summed E-state index contributed by atoms with van der Waals surface area (Å²) in [5.41, 5.74) is 10.7. The second-order valence-corrected chi connectivity index (χ2v) is 13.0. The van der Waals surface area contributed by atoms with Crippen molar-refractivity contribution in [1.29, 1.82) is 0 Å². The summed E-state index contributed by atoms with van der Waals surface area (Å²) in [6.07, 6.45) is -4.36. The molecule has 3 aromatic carbocycles. The number of benzene rings is 3. The molecular formula is C37H40F3N5O3. The number of aryl methyl sites for hydroxylation is 2. The Kier molecular flexibility index (Phi) is 9.08. The Balaban J connectivity index is 1.31. The molecule has 0 aliphatic carbocycles. The normalized spacial score (nSPS) is 19.8. The van der Waals surface area contributed by atoms with Crippen LogP contribution in [0.2, 0.25) is 0 Å². The first kappa shape index (κ1) is 33.3. The molecule has 4 aromatic rings. The molecule has 252 valence electrons. The van der Waals surface area contributed by atoms with E-state index >= 15 is 0 Å². The fraction of sp³-hybridized carbons (Fsp3) is 0.378. The van der Waals surface area contributed by atoms with Crippen LogP contribution < -0.4 is 20.7 Å². The van der Waals surface area contributed by atoms with Crippen molar-refractivity contribution in [2.24, 2.45) is 5.41 Å². The van der Waals surface area contributed by atoms with Crippen molar-refractivity contribution in [1.82, 2.24) is 15.3 Å². The second kappa shape index (κ2) is 13.1. The third-order valence-electron chi connectivity index (χ3n) is 10.0. The maximum atomic E-state index is 14.9.